The maximum absolute atomic E-state index is 12.1. The number of ether oxygens (including phenoxy) is 1. The molecular weight excluding hydrogens is 256 g/mol. The number of carbonyl (C=O) groups is 1. The van der Waals surface area contributed by atoms with E-state index in [1.54, 1.807) is 0 Å². The van der Waals surface area contributed by atoms with E-state index in [0.717, 1.165) is 26.2 Å². The third-order valence-electron chi connectivity index (χ3n) is 3.39. The number of nitrogens with zero attached hydrogens (tertiary/aromatic N) is 2. The summed E-state index contributed by atoms with van der Waals surface area (Å²) in [6.07, 6.45) is 0.159. The van der Waals surface area contributed by atoms with Crippen molar-refractivity contribution in [2.45, 2.75) is 40.2 Å². The van der Waals surface area contributed by atoms with E-state index in [1.807, 2.05) is 11.8 Å². The zero-order valence-corrected chi connectivity index (χ0v) is 13.4. The van der Waals surface area contributed by atoms with Crippen LogP contribution in [0.1, 0.15) is 34.1 Å². The Morgan fingerprint density at radius 1 is 1.25 bits per heavy atom. The average molecular weight is 286 g/mol. The van der Waals surface area contributed by atoms with Gasteiger partial charge in [-0.3, -0.25) is 9.69 Å². The Hall–Kier alpha value is -0.650. The molecule has 0 aromatic carbocycles. The second-order valence-electron chi connectivity index (χ2n) is 6.73. The molecule has 5 nitrogen and oxygen atoms in total. The molecule has 1 aliphatic heterocycles. The van der Waals surface area contributed by atoms with Gasteiger partial charge in [-0.15, -0.1) is 0 Å². The Labute approximate surface area is 122 Å². The minimum Gasteiger partial charge on any atom is -0.389 e. The first kappa shape index (κ1) is 17.4. The summed E-state index contributed by atoms with van der Waals surface area (Å²) in [5, 5.41) is 9.81. The van der Waals surface area contributed by atoms with Gasteiger partial charge in [0.25, 0.3) is 0 Å². The molecule has 20 heavy (non-hydrogen) atoms. The summed E-state index contributed by atoms with van der Waals surface area (Å²) in [5.74, 6) is 0.243. The lowest BCUT2D eigenvalue weighted by atomic mass is 9.91. The average Bonchev–Trinajstić information content (AvgIpc) is 2.35. The molecule has 1 fully saturated rings. The van der Waals surface area contributed by atoms with Gasteiger partial charge in [-0.2, -0.15) is 0 Å². The highest BCUT2D eigenvalue weighted by Crippen LogP contribution is 2.20. The van der Waals surface area contributed by atoms with Crippen LogP contribution in [0, 0.1) is 5.41 Å². The van der Waals surface area contributed by atoms with Gasteiger partial charge in [0.1, 0.15) is 0 Å². The topological polar surface area (TPSA) is 53.0 Å². The van der Waals surface area contributed by atoms with Crippen LogP contribution in [0.4, 0.5) is 0 Å². The predicted octanol–water partition coefficient (Wildman–Crippen LogP) is 0.964. The lowest BCUT2D eigenvalue weighted by molar-refractivity contribution is -0.135. The highest BCUT2D eigenvalue weighted by molar-refractivity contribution is 5.76. The molecule has 0 spiro atoms. The van der Waals surface area contributed by atoms with Crippen LogP contribution in [0.2, 0.25) is 0 Å². The normalized spacial score (nSPS) is 19.1. The van der Waals surface area contributed by atoms with E-state index in [1.165, 1.54) is 0 Å². The first-order valence-corrected chi connectivity index (χ1v) is 7.58. The van der Waals surface area contributed by atoms with Gasteiger partial charge >= 0.3 is 0 Å². The first-order valence-electron chi connectivity index (χ1n) is 7.58. The quantitative estimate of drug-likeness (QED) is 0.790. The Bertz CT molecular complexity index is 294. The number of amides is 1. The third-order valence-corrected chi connectivity index (χ3v) is 3.39. The summed E-state index contributed by atoms with van der Waals surface area (Å²) < 4.78 is 5.21. The van der Waals surface area contributed by atoms with Crippen molar-refractivity contribution in [3.8, 4) is 0 Å². The number of aliphatic hydroxyl groups excluding tert-OH is 1. The van der Waals surface area contributed by atoms with Crippen LogP contribution in [0.5, 0.6) is 0 Å². The molecular formula is C15H30N2O3. The molecule has 1 amide bonds. The smallest absolute Gasteiger partial charge is 0.223 e. The van der Waals surface area contributed by atoms with Gasteiger partial charge in [-0.1, -0.05) is 20.8 Å². The molecule has 118 valence electrons. The van der Waals surface area contributed by atoms with Crippen molar-refractivity contribution in [3.63, 3.8) is 0 Å². The van der Waals surface area contributed by atoms with E-state index < -0.39 is 6.10 Å². The molecule has 0 saturated carbocycles. The standard InChI is InChI=1S/C15H30N2O3/c1-5-20-12-13(18)11-16-6-8-17(9-7-16)14(19)10-15(2,3)4/h13,18H,5-12H2,1-4H3/t13-/m1/s1. The maximum atomic E-state index is 12.1. The lowest BCUT2D eigenvalue weighted by Gasteiger charge is -2.36. The summed E-state index contributed by atoms with van der Waals surface area (Å²) in [6, 6.07) is 0. The number of hydrogen-bond donors (Lipinski definition) is 1. The molecule has 1 aliphatic rings. The summed E-state index contributed by atoms with van der Waals surface area (Å²) in [4.78, 5) is 16.3. The van der Waals surface area contributed by atoms with Crippen LogP contribution >= 0.6 is 0 Å². The predicted molar refractivity (Wildman–Crippen MR) is 79.6 cm³/mol. The summed E-state index contributed by atoms with van der Waals surface area (Å²) >= 11 is 0. The Balaban J connectivity index is 2.27. The van der Waals surface area contributed by atoms with Crippen LogP contribution in [0.25, 0.3) is 0 Å². The van der Waals surface area contributed by atoms with Gasteiger partial charge in [-0.05, 0) is 12.3 Å². The number of aliphatic hydroxyl groups is 1. The van der Waals surface area contributed by atoms with Gasteiger partial charge in [-0.25, -0.2) is 0 Å². The van der Waals surface area contributed by atoms with E-state index in [9.17, 15) is 9.90 Å². The second kappa shape index (κ2) is 7.96. The van der Waals surface area contributed by atoms with E-state index in [0.29, 0.717) is 26.2 Å². The van der Waals surface area contributed by atoms with Crippen LogP contribution < -0.4 is 0 Å². The van der Waals surface area contributed by atoms with Gasteiger partial charge in [0.2, 0.25) is 5.91 Å². The minimum absolute atomic E-state index is 0.0436. The molecule has 0 unspecified atom stereocenters. The molecule has 0 radical (unpaired) electrons. The van der Waals surface area contributed by atoms with Crippen LogP contribution in [0.3, 0.4) is 0 Å². The van der Waals surface area contributed by atoms with Crippen LogP contribution in [-0.4, -0.2) is 72.9 Å². The number of piperazine rings is 1. The van der Waals surface area contributed by atoms with Crippen molar-refractivity contribution < 1.29 is 14.6 Å². The van der Waals surface area contributed by atoms with E-state index >= 15 is 0 Å². The van der Waals surface area contributed by atoms with Gasteiger partial charge in [0.15, 0.2) is 0 Å². The van der Waals surface area contributed by atoms with Crippen molar-refractivity contribution in [2.75, 3.05) is 45.9 Å². The molecule has 1 atom stereocenters. The SMILES string of the molecule is CCOC[C@H](O)CN1CCN(C(=O)CC(C)(C)C)CC1. The molecule has 0 aromatic heterocycles. The first-order chi connectivity index (χ1) is 9.31. The molecule has 5 heteroatoms. The summed E-state index contributed by atoms with van der Waals surface area (Å²) in [7, 11) is 0. The maximum Gasteiger partial charge on any atom is 0.223 e. The molecule has 0 bridgehead atoms. The summed E-state index contributed by atoms with van der Waals surface area (Å²) in [5.41, 5.74) is 0.0436. The van der Waals surface area contributed by atoms with Crippen molar-refractivity contribution in [1.82, 2.24) is 9.80 Å². The fourth-order valence-electron chi connectivity index (χ4n) is 2.35. The Morgan fingerprint density at radius 2 is 1.85 bits per heavy atom. The Kier molecular flexibility index (Phi) is 6.92. The fourth-order valence-corrected chi connectivity index (χ4v) is 2.35. The summed E-state index contributed by atoms with van der Waals surface area (Å²) in [6.45, 7) is 13.0. The van der Waals surface area contributed by atoms with Gasteiger partial charge in [0.05, 0.1) is 12.7 Å². The van der Waals surface area contributed by atoms with Crippen molar-refractivity contribution in [1.29, 1.82) is 0 Å². The number of hydrogen-bond acceptors (Lipinski definition) is 4. The highest BCUT2D eigenvalue weighted by atomic mass is 16.5. The Morgan fingerprint density at radius 3 is 2.35 bits per heavy atom. The molecule has 0 aliphatic carbocycles. The zero-order valence-electron chi connectivity index (χ0n) is 13.4. The lowest BCUT2D eigenvalue weighted by Crippen LogP contribution is -2.51. The number of carbonyl (C=O) groups excluding carboxylic acids is 1. The van der Waals surface area contributed by atoms with Crippen molar-refractivity contribution >= 4 is 5.91 Å². The minimum atomic E-state index is -0.438. The van der Waals surface area contributed by atoms with Gasteiger partial charge < -0.3 is 14.7 Å². The molecule has 1 saturated heterocycles. The second-order valence-corrected chi connectivity index (χ2v) is 6.73. The monoisotopic (exact) mass is 286 g/mol. The van der Waals surface area contributed by atoms with Crippen molar-refractivity contribution in [3.05, 3.63) is 0 Å². The molecule has 0 aromatic rings. The van der Waals surface area contributed by atoms with Crippen LogP contribution in [-0.2, 0) is 9.53 Å². The molecule has 1 N–H and O–H groups in total. The van der Waals surface area contributed by atoms with Crippen LogP contribution in [0.15, 0.2) is 0 Å². The van der Waals surface area contributed by atoms with Gasteiger partial charge in [0, 0.05) is 45.8 Å². The third kappa shape index (κ3) is 6.68. The van der Waals surface area contributed by atoms with E-state index in [-0.39, 0.29) is 11.3 Å². The highest BCUT2D eigenvalue weighted by Gasteiger charge is 2.25. The zero-order chi connectivity index (χ0) is 15.2. The molecule has 1 rings (SSSR count). The van der Waals surface area contributed by atoms with E-state index in [4.69, 9.17) is 4.74 Å². The number of rotatable bonds is 6. The van der Waals surface area contributed by atoms with Crippen molar-refractivity contribution in [2.24, 2.45) is 5.41 Å². The van der Waals surface area contributed by atoms with E-state index in [2.05, 4.69) is 25.7 Å². The molecule has 1 heterocycles. The largest absolute Gasteiger partial charge is 0.389 e. The fraction of sp³-hybridized carbons (Fsp3) is 0.933. The number of β-amino-alcohol motifs (C(OH)–C–C–N with tert-alkyl or cyclic N) is 1.